The summed E-state index contributed by atoms with van der Waals surface area (Å²) in [4.78, 5) is 13.2. The Morgan fingerprint density at radius 1 is 1.32 bits per heavy atom. The summed E-state index contributed by atoms with van der Waals surface area (Å²) in [7, 11) is 0. The van der Waals surface area contributed by atoms with Crippen molar-refractivity contribution in [2.24, 2.45) is 5.92 Å². The summed E-state index contributed by atoms with van der Waals surface area (Å²) < 4.78 is 0. The number of benzene rings is 1. The highest BCUT2D eigenvalue weighted by atomic mass is 32.2. The van der Waals surface area contributed by atoms with Gasteiger partial charge in [-0.2, -0.15) is 0 Å². The summed E-state index contributed by atoms with van der Waals surface area (Å²) >= 11 is 1.67. The Bertz CT molecular complexity index is 436. The number of thioether (sulfide) groups is 1. The molecular formula is C15H22N2OS. The lowest BCUT2D eigenvalue weighted by Crippen LogP contribution is -2.43. The summed E-state index contributed by atoms with van der Waals surface area (Å²) in [6, 6.07) is 8.15. The monoisotopic (exact) mass is 278 g/mol. The van der Waals surface area contributed by atoms with Crippen LogP contribution in [0.1, 0.15) is 32.6 Å². The minimum atomic E-state index is -0.0861. The van der Waals surface area contributed by atoms with Crippen molar-refractivity contribution in [3.05, 3.63) is 24.3 Å². The van der Waals surface area contributed by atoms with E-state index in [1.54, 1.807) is 11.8 Å². The molecule has 19 heavy (non-hydrogen) atoms. The van der Waals surface area contributed by atoms with Crippen LogP contribution in [0.4, 0.5) is 10.5 Å². The van der Waals surface area contributed by atoms with Gasteiger partial charge in [0.15, 0.2) is 0 Å². The predicted octanol–water partition coefficient (Wildman–Crippen LogP) is 4.11. The van der Waals surface area contributed by atoms with Gasteiger partial charge in [-0.1, -0.05) is 25.8 Å². The van der Waals surface area contributed by atoms with E-state index in [9.17, 15) is 4.79 Å². The van der Waals surface area contributed by atoms with Crippen LogP contribution in [0, 0.1) is 5.92 Å². The number of anilines is 1. The first-order chi connectivity index (χ1) is 9.19. The van der Waals surface area contributed by atoms with E-state index in [1.807, 2.05) is 30.5 Å². The van der Waals surface area contributed by atoms with Crippen molar-refractivity contribution in [1.29, 1.82) is 0 Å². The molecule has 4 heteroatoms. The van der Waals surface area contributed by atoms with Crippen LogP contribution in [0.5, 0.6) is 0 Å². The van der Waals surface area contributed by atoms with Crippen LogP contribution in [0.2, 0.25) is 0 Å². The molecule has 1 aliphatic rings. The minimum Gasteiger partial charge on any atom is -0.335 e. The number of rotatable bonds is 3. The van der Waals surface area contributed by atoms with Crippen LogP contribution in [0.15, 0.2) is 29.2 Å². The van der Waals surface area contributed by atoms with Crippen molar-refractivity contribution >= 4 is 23.5 Å². The quantitative estimate of drug-likeness (QED) is 0.817. The van der Waals surface area contributed by atoms with Crippen LogP contribution < -0.4 is 10.6 Å². The molecule has 0 aliphatic heterocycles. The summed E-state index contributed by atoms with van der Waals surface area (Å²) in [6.45, 7) is 2.22. The Balaban J connectivity index is 1.89. The number of nitrogens with one attached hydrogen (secondary N) is 2. The van der Waals surface area contributed by atoms with Gasteiger partial charge < -0.3 is 10.6 Å². The summed E-state index contributed by atoms with van der Waals surface area (Å²) in [5.74, 6) is 0.581. The molecule has 1 aromatic carbocycles. The Labute approximate surface area is 119 Å². The lowest BCUT2D eigenvalue weighted by atomic mass is 9.86. The van der Waals surface area contributed by atoms with Gasteiger partial charge in [0.05, 0.1) is 0 Å². The number of carbonyl (C=O) groups is 1. The van der Waals surface area contributed by atoms with Gasteiger partial charge in [-0.05, 0) is 43.2 Å². The smallest absolute Gasteiger partial charge is 0.319 e. The summed E-state index contributed by atoms with van der Waals surface area (Å²) in [5.41, 5.74) is 0.854. The van der Waals surface area contributed by atoms with Gasteiger partial charge in [0.1, 0.15) is 0 Å². The molecular weight excluding hydrogens is 256 g/mol. The lowest BCUT2D eigenvalue weighted by molar-refractivity contribution is 0.232. The third kappa shape index (κ3) is 4.16. The van der Waals surface area contributed by atoms with Crippen molar-refractivity contribution in [1.82, 2.24) is 5.32 Å². The van der Waals surface area contributed by atoms with Crippen LogP contribution in [0.3, 0.4) is 0 Å². The van der Waals surface area contributed by atoms with E-state index in [0.717, 1.165) is 17.0 Å². The Morgan fingerprint density at radius 2 is 2.11 bits per heavy atom. The molecule has 0 saturated heterocycles. The molecule has 2 amide bonds. The Morgan fingerprint density at radius 3 is 2.84 bits per heavy atom. The van der Waals surface area contributed by atoms with Crippen LogP contribution in [-0.2, 0) is 0 Å². The van der Waals surface area contributed by atoms with Crippen LogP contribution in [0.25, 0.3) is 0 Å². The van der Waals surface area contributed by atoms with Crippen molar-refractivity contribution in [3.63, 3.8) is 0 Å². The van der Waals surface area contributed by atoms with Crippen molar-refractivity contribution in [2.45, 2.75) is 43.5 Å². The molecule has 2 atom stereocenters. The SMILES string of the molecule is CSc1cccc(NC(=O)NC2CCCCC2C)c1. The molecule has 3 nitrogen and oxygen atoms in total. The molecule has 0 radical (unpaired) electrons. The van der Waals surface area contributed by atoms with E-state index in [-0.39, 0.29) is 6.03 Å². The summed E-state index contributed by atoms with van der Waals surface area (Å²) in [5, 5.41) is 6.02. The minimum absolute atomic E-state index is 0.0861. The first-order valence-corrected chi connectivity index (χ1v) is 8.13. The molecule has 0 bridgehead atoms. The average Bonchev–Trinajstić information content (AvgIpc) is 2.41. The van der Waals surface area contributed by atoms with E-state index in [1.165, 1.54) is 19.3 Å². The third-order valence-electron chi connectivity index (χ3n) is 3.76. The maximum absolute atomic E-state index is 12.0. The highest BCUT2D eigenvalue weighted by Crippen LogP contribution is 2.24. The molecule has 2 N–H and O–H groups in total. The van der Waals surface area contributed by atoms with Gasteiger partial charge in [0.2, 0.25) is 0 Å². The second-order valence-corrected chi connectivity index (χ2v) is 6.08. The van der Waals surface area contributed by atoms with Crippen LogP contribution in [-0.4, -0.2) is 18.3 Å². The van der Waals surface area contributed by atoms with Gasteiger partial charge in [-0.3, -0.25) is 0 Å². The summed E-state index contributed by atoms with van der Waals surface area (Å²) in [6.07, 6.45) is 6.85. The van der Waals surface area contributed by atoms with Crippen LogP contribution >= 0.6 is 11.8 Å². The second kappa shape index (κ2) is 6.85. The molecule has 0 heterocycles. The molecule has 0 spiro atoms. The highest BCUT2D eigenvalue weighted by molar-refractivity contribution is 7.98. The standard InChI is InChI=1S/C15H22N2OS/c1-11-6-3-4-9-14(11)17-15(18)16-12-7-5-8-13(10-12)19-2/h5,7-8,10-11,14H,3-4,6,9H2,1-2H3,(H2,16,17,18). The van der Waals surface area contributed by atoms with Gasteiger partial charge in [0, 0.05) is 16.6 Å². The molecule has 1 aromatic rings. The van der Waals surface area contributed by atoms with E-state index in [0.29, 0.717) is 12.0 Å². The lowest BCUT2D eigenvalue weighted by Gasteiger charge is -2.29. The highest BCUT2D eigenvalue weighted by Gasteiger charge is 2.22. The fraction of sp³-hybridized carbons (Fsp3) is 0.533. The van der Waals surface area contributed by atoms with Gasteiger partial charge in [-0.25, -0.2) is 4.79 Å². The van der Waals surface area contributed by atoms with Crippen molar-refractivity contribution in [2.75, 3.05) is 11.6 Å². The zero-order valence-corrected chi connectivity index (χ0v) is 12.4. The topological polar surface area (TPSA) is 41.1 Å². The molecule has 104 valence electrons. The molecule has 2 rings (SSSR count). The zero-order valence-electron chi connectivity index (χ0n) is 11.6. The predicted molar refractivity (Wildman–Crippen MR) is 81.8 cm³/mol. The molecule has 1 saturated carbocycles. The van der Waals surface area contributed by atoms with Gasteiger partial charge in [-0.15, -0.1) is 11.8 Å². The fourth-order valence-electron chi connectivity index (χ4n) is 2.57. The molecule has 2 unspecified atom stereocenters. The van der Waals surface area contributed by atoms with Crippen molar-refractivity contribution < 1.29 is 4.79 Å². The second-order valence-electron chi connectivity index (χ2n) is 5.20. The van der Waals surface area contributed by atoms with E-state index in [2.05, 4.69) is 17.6 Å². The normalized spacial score (nSPS) is 22.8. The van der Waals surface area contributed by atoms with E-state index in [4.69, 9.17) is 0 Å². The first-order valence-electron chi connectivity index (χ1n) is 6.90. The van der Waals surface area contributed by atoms with Gasteiger partial charge in [0.25, 0.3) is 0 Å². The number of urea groups is 1. The zero-order chi connectivity index (χ0) is 13.7. The number of amides is 2. The van der Waals surface area contributed by atoms with E-state index < -0.39 is 0 Å². The molecule has 1 aliphatic carbocycles. The number of hydrogen-bond acceptors (Lipinski definition) is 2. The number of hydrogen-bond donors (Lipinski definition) is 2. The first kappa shape index (κ1) is 14.3. The van der Waals surface area contributed by atoms with Crippen molar-refractivity contribution in [3.8, 4) is 0 Å². The molecule has 1 fully saturated rings. The average molecular weight is 278 g/mol. The number of carbonyl (C=O) groups excluding carboxylic acids is 1. The maximum atomic E-state index is 12.0. The Hall–Kier alpha value is -1.16. The molecule has 0 aromatic heterocycles. The largest absolute Gasteiger partial charge is 0.335 e. The van der Waals surface area contributed by atoms with Gasteiger partial charge >= 0.3 is 6.03 Å². The maximum Gasteiger partial charge on any atom is 0.319 e. The Kier molecular flexibility index (Phi) is 5.14. The fourth-order valence-corrected chi connectivity index (χ4v) is 3.03. The van der Waals surface area contributed by atoms with E-state index >= 15 is 0 Å². The third-order valence-corrected chi connectivity index (χ3v) is 4.48.